The smallest absolute Gasteiger partial charge is 0.338 e. The Labute approximate surface area is 122 Å². The monoisotopic (exact) mass is 282 g/mol. The molecule has 0 atom stereocenters. The molecule has 0 bridgehead atoms. The second kappa shape index (κ2) is 6.55. The molecule has 0 aliphatic heterocycles. The van der Waals surface area contributed by atoms with Gasteiger partial charge in [-0.1, -0.05) is 24.3 Å². The highest BCUT2D eigenvalue weighted by atomic mass is 16.6. The number of ether oxygens (including phenoxy) is 1. The van der Waals surface area contributed by atoms with E-state index in [-0.39, 0.29) is 0 Å². The van der Waals surface area contributed by atoms with Crippen LogP contribution in [-0.2, 0) is 9.57 Å². The number of hydrogen-bond acceptors (Lipinski definition) is 5. The number of nitrogens with one attached hydrogen (secondary N) is 1. The van der Waals surface area contributed by atoms with Crippen LogP contribution in [0.2, 0.25) is 0 Å². The van der Waals surface area contributed by atoms with Crippen LogP contribution in [0.15, 0.2) is 42.5 Å². The zero-order valence-corrected chi connectivity index (χ0v) is 11.7. The van der Waals surface area contributed by atoms with Crippen molar-refractivity contribution in [3.05, 3.63) is 53.6 Å². The molecule has 5 heteroatoms. The van der Waals surface area contributed by atoms with Crippen molar-refractivity contribution in [1.82, 2.24) is 0 Å². The number of methoxy groups -OCH3 is 1. The van der Waals surface area contributed by atoms with Crippen LogP contribution >= 0.6 is 0 Å². The van der Waals surface area contributed by atoms with E-state index in [1.165, 1.54) is 20.3 Å². The van der Waals surface area contributed by atoms with Crippen LogP contribution in [0, 0.1) is 11.3 Å². The third-order valence-corrected chi connectivity index (χ3v) is 2.98. The summed E-state index contributed by atoms with van der Waals surface area (Å²) in [5, 5.41) is 8.98. The summed E-state index contributed by atoms with van der Waals surface area (Å²) in [7, 11) is 2.82. The summed E-state index contributed by atoms with van der Waals surface area (Å²) >= 11 is 0. The Hall–Kier alpha value is -2.84. The SMILES string of the molecule is CONc1ccccc1-c1ccc(C#N)cc1C(=O)OC. The number of benzene rings is 2. The molecule has 2 aromatic rings. The van der Waals surface area contributed by atoms with E-state index in [4.69, 9.17) is 14.8 Å². The lowest BCUT2D eigenvalue weighted by Crippen LogP contribution is -2.05. The second-order valence-electron chi connectivity index (χ2n) is 4.22. The standard InChI is InChI=1S/C16H14N2O3/c1-20-16(19)14-9-11(10-17)7-8-12(14)13-5-3-4-6-15(13)18-21-2/h3-9,18H,1-2H3. The first-order valence-corrected chi connectivity index (χ1v) is 6.22. The number of rotatable bonds is 4. The van der Waals surface area contributed by atoms with E-state index in [9.17, 15) is 4.79 Å². The van der Waals surface area contributed by atoms with Crippen molar-refractivity contribution in [1.29, 1.82) is 5.26 Å². The molecule has 0 amide bonds. The van der Waals surface area contributed by atoms with Gasteiger partial charge in [-0.3, -0.25) is 10.3 Å². The van der Waals surface area contributed by atoms with E-state index in [1.807, 2.05) is 30.3 Å². The molecule has 0 saturated heterocycles. The first-order chi connectivity index (χ1) is 10.2. The highest BCUT2D eigenvalue weighted by Crippen LogP contribution is 2.31. The Morgan fingerprint density at radius 1 is 1.14 bits per heavy atom. The minimum atomic E-state index is -0.491. The van der Waals surface area contributed by atoms with Crippen molar-refractivity contribution in [2.24, 2.45) is 0 Å². The molecule has 0 fully saturated rings. The Kier molecular flexibility index (Phi) is 4.54. The van der Waals surface area contributed by atoms with Crippen molar-refractivity contribution in [3.8, 4) is 17.2 Å². The summed E-state index contributed by atoms with van der Waals surface area (Å²) in [4.78, 5) is 16.9. The molecule has 0 aliphatic rings. The largest absolute Gasteiger partial charge is 0.465 e. The lowest BCUT2D eigenvalue weighted by molar-refractivity contribution is 0.0601. The zero-order valence-electron chi connectivity index (χ0n) is 11.7. The summed E-state index contributed by atoms with van der Waals surface area (Å²) in [6.45, 7) is 0. The van der Waals surface area contributed by atoms with Gasteiger partial charge in [-0.2, -0.15) is 5.26 Å². The number of nitriles is 1. The molecule has 0 heterocycles. The quantitative estimate of drug-likeness (QED) is 0.689. The highest BCUT2D eigenvalue weighted by molar-refractivity contribution is 5.99. The Balaban J connectivity index is 2.64. The second-order valence-corrected chi connectivity index (χ2v) is 4.22. The van der Waals surface area contributed by atoms with Gasteiger partial charge in [-0.05, 0) is 23.8 Å². The van der Waals surface area contributed by atoms with Crippen LogP contribution in [0.3, 0.4) is 0 Å². The Bertz CT molecular complexity index is 705. The van der Waals surface area contributed by atoms with Crippen LogP contribution in [0.1, 0.15) is 15.9 Å². The number of esters is 1. The number of hydrogen-bond donors (Lipinski definition) is 1. The van der Waals surface area contributed by atoms with Gasteiger partial charge in [0, 0.05) is 5.56 Å². The first-order valence-electron chi connectivity index (χ1n) is 6.22. The zero-order chi connectivity index (χ0) is 15.2. The minimum absolute atomic E-state index is 0.335. The van der Waals surface area contributed by atoms with Crippen LogP contribution < -0.4 is 5.48 Å². The maximum absolute atomic E-state index is 12.0. The van der Waals surface area contributed by atoms with Gasteiger partial charge < -0.3 is 4.74 Å². The highest BCUT2D eigenvalue weighted by Gasteiger charge is 2.16. The molecule has 0 unspecified atom stereocenters. The Morgan fingerprint density at radius 2 is 1.90 bits per heavy atom. The van der Waals surface area contributed by atoms with E-state index in [0.29, 0.717) is 16.7 Å². The van der Waals surface area contributed by atoms with Gasteiger partial charge in [0.25, 0.3) is 0 Å². The molecular weight excluding hydrogens is 268 g/mol. The summed E-state index contributed by atoms with van der Waals surface area (Å²) < 4.78 is 4.80. The minimum Gasteiger partial charge on any atom is -0.465 e. The summed E-state index contributed by atoms with van der Waals surface area (Å²) in [5.41, 5.74) is 5.67. The van der Waals surface area contributed by atoms with Crippen molar-refractivity contribution in [2.75, 3.05) is 19.7 Å². The van der Waals surface area contributed by atoms with Gasteiger partial charge in [0.1, 0.15) is 0 Å². The van der Waals surface area contributed by atoms with Crippen molar-refractivity contribution < 1.29 is 14.4 Å². The lowest BCUT2D eigenvalue weighted by atomic mass is 9.96. The third-order valence-electron chi connectivity index (χ3n) is 2.98. The van der Waals surface area contributed by atoms with Gasteiger partial charge in [-0.15, -0.1) is 0 Å². The van der Waals surface area contributed by atoms with Crippen molar-refractivity contribution >= 4 is 11.7 Å². The average Bonchev–Trinajstić information content (AvgIpc) is 2.54. The molecule has 106 valence electrons. The molecule has 1 N–H and O–H groups in total. The molecule has 21 heavy (non-hydrogen) atoms. The van der Waals surface area contributed by atoms with Gasteiger partial charge in [0.05, 0.1) is 37.1 Å². The number of carbonyl (C=O) groups excluding carboxylic acids is 1. The molecule has 0 aromatic heterocycles. The maximum Gasteiger partial charge on any atom is 0.338 e. The molecular formula is C16H14N2O3. The van der Waals surface area contributed by atoms with E-state index in [1.54, 1.807) is 12.1 Å². The molecule has 5 nitrogen and oxygen atoms in total. The molecule has 0 aliphatic carbocycles. The predicted octanol–water partition coefficient (Wildman–Crippen LogP) is 2.99. The van der Waals surface area contributed by atoms with Crippen molar-refractivity contribution in [3.63, 3.8) is 0 Å². The molecule has 0 radical (unpaired) electrons. The van der Waals surface area contributed by atoms with Gasteiger partial charge >= 0.3 is 5.97 Å². The summed E-state index contributed by atoms with van der Waals surface area (Å²) in [6, 6.07) is 14.3. The predicted molar refractivity (Wildman–Crippen MR) is 78.6 cm³/mol. The lowest BCUT2D eigenvalue weighted by Gasteiger charge is -2.13. The number of para-hydroxylation sites is 1. The van der Waals surface area contributed by atoms with Crippen molar-refractivity contribution in [2.45, 2.75) is 0 Å². The van der Waals surface area contributed by atoms with Gasteiger partial charge in [0.15, 0.2) is 0 Å². The van der Waals surface area contributed by atoms with Gasteiger partial charge in [-0.25, -0.2) is 4.79 Å². The van der Waals surface area contributed by atoms with E-state index >= 15 is 0 Å². The van der Waals surface area contributed by atoms with Crippen LogP contribution in [-0.4, -0.2) is 20.2 Å². The summed E-state index contributed by atoms with van der Waals surface area (Å²) in [5.74, 6) is -0.491. The summed E-state index contributed by atoms with van der Waals surface area (Å²) in [6.07, 6.45) is 0. The average molecular weight is 282 g/mol. The first kappa shape index (κ1) is 14.6. The molecule has 0 spiro atoms. The molecule has 2 rings (SSSR count). The molecule has 0 saturated carbocycles. The van der Waals surface area contributed by atoms with E-state index < -0.39 is 5.97 Å². The fourth-order valence-corrected chi connectivity index (χ4v) is 2.04. The third kappa shape index (κ3) is 3.02. The maximum atomic E-state index is 12.0. The van der Waals surface area contributed by atoms with E-state index in [2.05, 4.69) is 5.48 Å². The fourth-order valence-electron chi connectivity index (χ4n) is 2.04. The number of carbonyl (C=O) groups is 1. The van der Waals surface area contributed by atoms with Gasteiger partial charge in [0.2, 0.25) is 0 Å². The normalized spacial score (nSPS) is 9.76. The topological polar surface area (TPSA) is 71.3 Å². The number of nitrogens with zero attached hydrogens (tertiary/aromatic N) is 1. The van der Waals surface area contributed by atoms with Crippen LogP contribution in [0.4, 0.5) is 5.69 Å². The molecule has 2 aromatic carbocycles. The number of anilines is 1. The van der Waals surface area contributed by atoms with Crippen LogP contribution in [0.25, 0.3) is 11.1 Å². The Morgan fingerprint density at radius 3 is 2.57 bits per heavy atom. The van der Waals surface area contributed by atoms with Crippen LogP contribution in [0.5, 0.6) is 0 Å². The fraction of sp³-hybridized carbons (Fsp3) is 0.125. The van der Waals surface area contributed by atoms with E-state index in [0.717, 1.165) is 11.3 Å².